The SMILES string of the molecule is [F-].[F-].[Hf+4].[c-]1cccc2c1Cc1ccccc1-2.c1ccc(P(c2ccccc2)c2cc3ccccc3[cH-]2)cc1. The average Bonchev–Trinajstić information content (AvgIpc) is 3.52. The maximum Gasteiger partial charge on any atom is 4.00 e. The molecule has 0 aromatic heterocycles. The average molecular weight is 681 g/mol. The summed E-state index contributed by atoms with van der Waals surface area (Å²) >= 11 is 0. The number of hydrogen-bond acceptors (Lipinski definition) is 0. The van der Waals surface area contributed by atoms with Gasteiger partial charge in [0.2, 0.25) is 0 Å². The molecule has 7 rings (SSSR count). The van der Waals surface area contributed by atoms with Crippen LogP contribution >= 0.6 is 7.92 Å². The van der Waals surface area contributed by atoms with Gasteiger partial charge in [0.05, 0.1) is 0 Å². The fourth-order valence-corrected chi connectivity index (χ4v) is 7.23. The van der Waals surface area contributed by atoms with E-state index < -0.39 is 7.92 Å². The molecule has 1 aliphatic carbocycles. The smallest absolute Gasteiger partial charge is 1.00 e. The summed E-state index contributed by atoms with van der Waals surface area (Å²) in [5.41, 5.74) is 5.51. The molecule has 4 heteroatoms. The Balaban J connectivity index is 0.000000216. The largest absolute Gasteiger partial charge is 4.00 e. The van der Waals surface area contributed by atoms with Gasteiger partial charge in [0.25, 0.3) is 0 Å². The maximum absolute atomic E-state index is 3.30. The monoisotopic (exact) mass is 682 g/mol. The molecule has 0 saturated carbocycles. The van der Waals surface area contributed by atoms with Gasteiger partial charge in [0, 0.05) is 0 Å². The minimum absolute atomic E-state index is 0. The fraction of sp³-hybridized carbons (Fsp3) is 0.0294. The third-order valence-corrected chi connectivity index (χ3v) is 8.91. The molecule has 0 nitrogen and oxygen atoms in total. The van der Waals surface area contributed by atoms with Crippen LogP contribution in [0.3, 0.4) is 0 Å². The Hall–Kier alpha value is -3.13. The van der Waals surface area contributed by atoms with Crippen molar-refractivity contribution >= 4 is 34.6 Å². The van der Waals surface area contributed by atoms with Crippen LogP contribution in [0.4, 0.5) is 0 Å². The van der Waals surface area contributed by atoms with Crippen LogP contribution in [0.15, 0.2) is 140 Å². The molecule has 6 aromatic carbocycles. The van der Waals surface area contributed by atoms with Gasteiger partial charge >= 0.3 is 25.8 Å². The molecule has 0 unspecified atom stereocenters. The topological polar surface area (TPSA) is 0 Å². The number of halogens is 2. The zero-order chi connectivity index (χ0) is 23.5. The minimum atomic E-state index is -0.493. The van der Waals surface area contributed by atoms with E-state index in [4.69, 9.17) is 0 Å². The van der Waals surface area contributed by atoms with Crippen molar-refractivity contribution in [2.24, 2.45) is 0 Å². The Morgan fingerprint density at radius 1 is 0.605 bits per heavy atom. The van der Waals surface area contributed by atoms with Crippen molar-refractivity contribution in [1.29, 1.82) is 0 Å². The first-order valence-electron chi connectivity index (χ1n) is 12.0. The summed E-state index contributed by atoms with van der Waals surface area (Å²) in [6.45, 7) is 0. The second-order valence-electron chi connectivity index (χ2n) is 8.75. The first-order valence-corrected chi connectivity index (χ1v) is 13.3. The summed E-state index contributed by atoms with van der Waals surface area (Å²) in [6, 6.07) is 53.1. The molecular weight excluding hydrogens is 656 g/mol. The summed E-state index contributed by atoms with van der Waals surface area (Å²) in [7, 11) is -0.493. The predicted molar refractivity (Wildman–Crippen MR) is 152 cm³/mol. The Morgan fingerprint density at radius 2 is 1.18 bits per heavy atom. The van der Waals surface area contributed by atoms with Crippen LogP contribution in [-0.2, 0) is 32.3 Å². The summed E-state index contributed by atoms with van der Waals surface area (Å²) in [5, 5.41) is 6.89. The van der Waals surface area contributed by atoms with E-state index in [0.717, 1.165) is 6.42 Å². The molecule has 0 N–H and O–H groups in total. The van der Waals surface area contributed by atoms with E-state index in [1.54, 1.807) is 0 Å². The summed E-state index contributed by atoms with van der Waals surface area (Å²) < 4.78 is 0. The van der Waals surface area contributed by atoms with Gasteiger partial charge in [-0.15, -0.1) is 45.9 Å². The third-order valence-electron chi connectivity index (χ3n) is 6.51. The van der Waals surface area contributed by atoms with Crippen LogP contribution in [0.5, 0.6) is 0 Å². The number of hydrogen-bond donors (Lipinski definition) is 0. The van der Waals surface area contributed by atoms with E-state index in [1.807, 2.05) is 6.07 Å². The van der Waals surface area contributed by atoms with E-state index >= 15 is 0 Å². The summed E-state index contributed by atoms with van der Waals surface area (Å²) in [6.07, 6.45) is 1.05. The molecule has 38 heavy (non-hydrogen) atoms. The zero-order valence-electron chi connectivity index (χ0n) is 20.7. The van der Waals surface area contributed by atoms with Gasteiger partial charge in [-0.2, -0.15) is 35.9 Å². The van der Waals surface area contributed by atoms with Crippen LogP contribution in [-0.4, -0.2) is 0 Å². The van der Waals surface area contributed by atoms with E-state index in [2.05, 4.69) is 140 Å². The number of fused-ring (bicyclic) bond motifs is 4. The maximum atomic E-state index is 3.30. The molecule has 0 spiro atoms. The first-order chi connectivity index (χ1) is 17.4. The molecule has 1 aliphatic rings. The van der Waals surface area contributed by atoms with E-state index in [0.29, 0.717) is 0 Å². The zero-order valence-corrected chi connectivity index (χ0v) is 25.2. The second kappa shape index (κ2) is 13.6. The standard InChI is InChI=1S/C21H16P.C13H9.2FH.Hf/c1-3-11-19(12-4-1)22(20-13-5-2-6-14-20)21-15-17-9-7-8-10-18(17)16-21;1-3-7-12-10(5-1)9-11-6-2-4-8-13(11)12;;;/h1-16H;1-5,7-8H,9H2;2*1H;/q2*-1;;;+4/p-2. The van der Waals surface area contributed by atoms with Crippen molar-refractivity contribution in [3.8, 4) is 11.1 Å². The number of benzene rings is 5. The minimum Gasteiger partial charge on any atom is -1.00 e. The van der Waals surface area contributed by atoms with Crippen molar-refractivity contribution in [3.05, 3.63) is 157 Å². The quantitative estimate of drug-likeness (QED) is 0.151. The van der Waals surface area contributed by atoms with Crippen molar-refractivity contribution in [1.82, 2.24) is 0 Å². The third kappa shape index (κ3) is 6.12. The van der Waals surface area contributed by atoms with Gasteiger partial charge in [0.15, 0.2) is 0 Å². The molecule has 6 aromatic rings. The van der Waals surface area contributed by atoms with Crippen LogP contribution < -0.4 is 25.3 Å². The van der Waals surface area contributed by atoms with E-state index in [-0.39, 0.29) is 35.3 Å². The van der Waals surface area contributed by atoms with Crippen LogP contribution in [0.1, 0.15) is 11.1 Å². The first kappa shape index (κ1) is 29.4. The molecule has 0 radical (unpaired) electrons. The van der Waals surface area contributed by atoms with E-state index in [1.165, 1.54) is 48.9 Å². The predicted octanol–water partition coefficient (Wildman–Crippen LogP) is 1.38. The Kier molecular flexibility index (Phi) is 10.5. The van der Waals surface area contributed by atoms with Crippen molar-refractivity contribution in [2.45, 2.75) is 6.42 Å². The van der Waals surface area contributed by atoms with Crippen molar-refractivity contribution in [2.75, 3.05) is 0 Å². The fourth-order valence-electron chi connectivity index (χ4n) is 4.86. The Labute approximate surface area is 243 Å². The van der Waals surface area contributed by atoms with Gasteiger partial charge in [-0.1, -0.05) is 102 Å². The van der Waals surface area contributed by atoms with Crippen LogP contribution in [0.2, 0.25) is 0 Å². The van der Waals surface area contributed by atoms with Gasteiger partial charge < -0.3 is 9.41 Å². The molecule has 0 fully saturated rings. The van der Waals surface area contributed by atoms with Crippen molar-refractivity contribution in [3.63, 3.8) is 0 Å². The Morgan fingerprint density at radius 3 is 1.87 bits per heavy atom. The molecule has 0 amide bonds. The molecule has 184 valence electrons. The van der Waals surface area contributed by atoms with E-state index in [9.17, 15) is 0 Å². The van der Waals surface area contributed by atoms with Gasteiger partial charge in [0.1, 0.15) is 0 Å². The van der Waals surface area contributed by atoms with Crippen LogP contribution in [0, 0.1) is 6.07 Å². The molecule has 0 bridgehead atoms. The molecule has 0 heterocycles. The normalized spacial score (nSPS) is 10.7. The van der Waals surface area contributed by atoms with Crippen LogP contribution in [0.25, 0.3) is 21.9 Å². The molecule has 0 atom stereocenters. The summed E-state index contributed by atoms with van der Waals surface area (Å²) in [4.78, 5) is 0. The van der Waals surface area contributed by atoms with Gasteiger partial charge in [-0.05, 0) is 25.0 Å². The van der Waals surface area contributed by atoms with Gasteiger partial charge in [-0.3, -0.25) is 0 Å². The number of rotatable bonds is 3. The Bertz CT molecular complexity index is 1460. The molecule has 0 aliphatic heterocycles. The van der Waals surface area contributed by atoms with Crippen molar-refractivity contribution < 1.29 is 35.3 Å². The second-order valence-corrected chi connectivity index (χ2v) is 11.0. The van der Waals surface area contributed by atoms with Gasteiger partial charge in [-0.25, -0.2) is 0 Å². The molecule has 0 saturated heterocycles. The summed E-state index contributed by atoms with van der Waals surface area (Å²) in [5.74, 6) is 0. The molecular formula is C34H25F2HfP.